The number of aliphatic imine (C=N–C) groups is 1. The predicted octanol–water partition coefficient (Wildman–Crippen LogP) is 4.03. The van der Waals surface area contributed by atoms with Crippen LogP contribution >= 0.6 is 0 Å². The number of nitrogens with one attached hydrogen (secondary N) is 1. The molecule has 2 unspecified atom stereocenters. The summed E-state index contributed by atoms with van der Waals surface area (Å²) in [5, 5.41) is 0. The molecule has 27 heavy (non-hydrogen) atoms. The van der Waals surface area contributed by atoms with Gasteiger partial charge in [0.15, 0.2) is 0 Å². The summed E-state index contributed by atoms with van der Waals surface area (Å²) in [4.78, 5) is 7.69. The van der Waals surface area contributed by atoms with Crippen LogP contribution in [-0.2, 0) is 10.0 Å². The molecule has 1 saturated heterocycles. The van der Waals surface area contributed by atoms with Gasteiger partial charge in [0.25, 0.3) is 0 Å². The summed E-state index contributed by atoms with van der Waals surface area (Å²) >= 11 is 0. The number of hydrogen-bond acceptors (Lipinski definition) is 4. The molecule has 1 fully saturated rings. The van der Waals surface area contributed by atoms with Crippen LogP contribution in [0.3, 0.4) is 0 Å². The highest BCUT2D eigenvalue weighted by molar-refractivity contribution is 7.88. The first-order valence-corrected chi connectivity index (χ1v) is 11.8. The zero-order chi connectivity index (χ0) is 21.0. The molecule has 0 aromatic carbocycles. The SMILES string of the molecule is CC(C)(C)C1=NC(C(C)(C)C)C(C(C)(C)C)=C2CC(CNS(C)(=O)=O)CN12. The van der Waals surface area contributed by atoms with Gasteiger partial charge in [0.05, 0.1) is 12.3 Å². The van der Waals surface area contributed by atoms with Crippen molar-refractivity contribution in [3.05, 3.63) is 11.3 Å². The van der Waals surface area contributed by atoms with Crippen molar-refractivity contribution in [1.29, 1.82) is 0 Å². The summed E-state index contributed by atoms with van der Waals surface area (Å²) in [6.45, 7) is 21.6. The third kappa shape index (κ3) is 5.14. The molecule has 0 aromatic rings. The molecule has 5 nitrogen and oxygen atoms in total. The number of fused-ring (bicyclic) bond motifs is 1. The van der Waals surface area contributed by atoms with E-state index in [-0.39, 0.29) is 28.2 Å². The van der Waals surface area contributed by atoms with E-state index in [1.165, 1.54) is 17.5 Å². The number of allylic oxidation sites excluding steroid dienone is 1. The highest BCUT2D eigenvalue weighted by atomic mass is 32.2. The van der Waals surface area contributed by atoms with Crippen molar-refractivity contribution >= 4 is 15.9 Å². The van der Waals surface area contributed by atoms with Gasteiger partial charge in [-0.2, -0.15) is 0 Å². The first-order chi connectivity index (χ1) is 11.9. The highest BCUT2D eigenvalue weighted by Crippen LogP contribution is 2.48. The maximum atomic E-state index is 11.6. The quantitative estimate of drug-likeness (QED) is 0.782. The van der Waals surface area contributed by atoms with Gasteiger partial charge >= 0.3 is 0 Å². The molecule has 0 radical (unpaired) electrons. The lowest BCUT2D eigenvalue weighted by molar-refractivity contribution is 0.285. The maximum Gasteiger partial charge on any atom is 0.208 e. The molecule has 2 aliphatic heterocycles. The van der Waals surface area contributed by atoms with Gasteiger partial charge in [0.2, 0.25) is 10.0 Å². The molecule has 0 bridgehead atoms. The van der Waals surface area contributed by atoms with Crippen molar-refractivity contribution < 1.29 is 8.42 Å². The van der Waals surface area contributed by atoms with Gasteiger partial charge in [-0.25, -0.2) is 13.1 Å². The van der Waals surface area contributed by atoms with Gasteiger partial charge in [-0.3, -0.25) is 4.99 Å². The molecule has 0 aromatic heterocycles. The fourth-order valence-corrected chi connectivity index (χ4v) is 4.71. The Morgan fingerprint density at radius 3 is 2.00 bits per heavy atom. The van der Waals surface area contributed by atoms with Crippen molar-refractivity contribution in [1.82, 2.24) is 9.62 Å². The van der Waals surface area contributed by atoms with Crippen molar-refractivity contribution in [2.24, 2.45) is 27.2 Å². The molecule has 0 amide bonds. The standard InChI is InChI=1S/C21H39N3O2S/c1-19(2,3)16-15-11-14(12-22-27(10,25)26)13-24(15)18(21(7,8)9)23-17(16)20(4,5)6/h14,17,22H,11-13H2,1-10H3. The minimum Gasteiger partial charge on any atom is -0.333 e. The molecule has 0 aliphatic carbocycles. The Balaban J connectivity index is 2.54. The predicted molar refractivity (Wildman–Crippen MR) is 114 cm³/mol. The maximum absolute atomic E-state index is 11.6. The van der Waals surface area contributed by atoms with Gasteiger partial charge < -0.3 is 4.90 Å². The molecule has 2 heterocycles. The number of hydrogen-bond donors (Lipinski definition) is 1. The molecule has 0 spiro atoms. The molecular weight excluding hydrogens is 358 g/mol. The lowest BCUT2D eigenvalue weighted by Gasteiger charge is -2.45. The second kappa shape index (κ2) is 6.87. The van der Waals surface area contributed by atoms with Gasteiger partial charge in [-0.15, -0.1) is 0 Å². The molecule has 156 valence electrons. The average Bonchev–Trinajstić information content (AvgIpc) is 2.82. The Hall–Kier alpha value is -0.880. The van der Waals surface area contributed by atoms with Crippen LogP contribution in [0.1, 0.15) is 68.7 Å². The first-order valence-electron chi connectivity index (χ1n) is 9.95. The number of nitrogens with zero attached hydrogens (tertiary/aromatic N) is 2. The second-order valence-electron chi connectivity index (χ2n) is 11.4. The summed E-state index contributed by atoms with van der Waals surface area (Å²) < 4.78 is 25.9. The summed E-state index contributed by atoms with van der Waals surface area (Å²) in [5.41, 5.74) is 2.75. The van der Waals surface area contributed by atoms with E-state index >= 15 is 0 Å². The topological polar surface area (TPSA) is 61.8 Å². The highest BCUT2D eigenvalue weighted by Gasteiger charge is 2.46. The summed E-state index contributed by atoms with van der Waals surface area (Å²) in [7, 11) is -3.18. The van der Waals surface area contributed by atoms with E-state index in [0.29, 0.717) is 6.54 Å². The van der Waals surface area contributed by atoms with Crippen LogP contribution in [0.5, 0.6) is 0 Å². The minimum absolute atomic E-state index is 0.0115. The average molecular weight is 398 g/mol. The van der Waals surface area contributed by atoms with Gasteiger partial charge in [0.1, 0.15) is 5.84 Å². The molecule has 2 rings (SSSR count). The van der Waals surface area contributed by atoms with Crippen LogP contribution in [-0.4, -0.2) is 44.5 Å². The van der Waals surface area contributed by atoms with Crippen LogP contribution in [0.15, 0.2) is 16.3 Å². The zero-order valence-corrected chi connectivity index (χ0v) is 19.7. The van der Waals surface area contributed by atoms with Gasteiger partial charge in [-0.05, 0) is 28.7 Å². The fraction of sp³-hybridized carbons (Fsp3) is 0.857. The largest absolute Gasteiger partial charge is 0.333 e. The van der Waals surface area contributed by atoms with E-state index in [2.05, 4.69) is 71.9 Å². The molecular formula is C21H39N3O2S. The Labute approximate surface area is 166 Å². The molecule has 1 N–H and O–H groups in total. The number of rotatable bonds is 3. The van der Waals surface area contributed by atoms with Crippen molar-refractivity contribution in [3.8, 4) is 0 Å². The van der Waals surface area contributed by atoms with Gasteiger partial charge in [-0.1, -0.05) is 62.3 Å². The van der Waals surface area contributed by atoms with Crippen molar-refractivity contribution in [2.75, 3.05) is 19.3 Å². The third-order valence-electron chi connectivity index (χ3n) is 5.27. The normalized spacial score (nSPS) is 25.0. The van der Waals surface area contributed by atoms with Crippen molar-refractivity contribution in [3.63, 3.8) is 0 Å². The lowest BCUT2D eigenvalue weighted by atomic mass is 9.70. The Morgan fingerprint density at radius 2 is 1.59 bits per heavy atom. The monoisotopic (exact) mass is 397 g/mol. The summed E-state index contributed by atoms with van der Waals surface area (Å²) in [5.74, 6) is 1.39. The Bertz CT molecular complexity index is 744. The Morgan fingerprint density at radius 1 is 1.04 bits per heavy atom. The second-order valence-corrected chi connectivity index (χ2v) is 13.2. The van der Waals surface area contributed by atoms with Crippen molar-refractivity contribution in [2.45, 2.75) is 74.8 Å². The zero-order valence-electron chi connectivity index (χ0n) is 18.9. The van der Waals surface area contributed by atoms with Crippen LogP contribution in [0, 0.1) is 22.2 Å². The number of sulfonamides is 1. The van der Waals surface area contributed by atoms with E-state index < -0.39 is 10.0 Å². The Kier molecular flexibility index (Phi) is 5.70. The van der Waals surface area contributed by atoms with E-state index in [0.717, 1.165) is 18.8 Å². The van der Waals surface area contributed by atoms with E-state index in [1.54, 1.807) is 0 Å². The van der Waals surface area contributed by atoms with E-state index in [1.807, 2.05) is 0 Å². The van der Waals surface area contributed by atoms with E-state index in [9.17, 15) is 8.42 Å². The molecule has 0 saturated carbocycles. The smallest absolute Gasteiger partial charge is 0.208 e. The van der Waals surface area contributed by atoms with Crippen LogP contribution in [0.2, 0.25) is 0 Å². The summed E-state index contributed by atoms with van der Waals surface area (Å²) in [6, 6.07) is 0.139. The lowest BCUT2D eigenvalue weighted by Crippen LogP contribution is -2.47. The van der Waals surface area contributed by atoms with Crippen LogP contribution < -0.4 is 4.72 Å². The van der Waals surface area contributed by atoms with Gasteiger partial charge in [0, 0.05) is 24.2 Å². The van der Waals surface area contributed by atoms with Crippen LogP contribution in [0.4, 0.5) is 0 Å². The molecule has 6 heteroatoms. The first kappa shape index (κ1) is 22.4. The fourth-order valence-electron chi connectivity index (χ4n) is 4.17. The number of amidine groups is 1. The third-order valence-corrected chi connectivity index (χ3v) is 5.96. The van der Waals surface area contributed by atoms with E-state index in [4.69, 9.17) is 4.99 Å². The summed E-state index contributed by atoms with van der Waals surface area (Å²) in [6.07, 6.45) is 2.13. The minimum atomic E-state index is -3.18. The van der Waals surface area contributed by atoms with Crippen LogP contribution in [0.25, 0.3) is 0 Å². The molecule has 2 aliphatic rings. The molecule has 2 atom stereocenters.